The summed E-state index contributed by atoms with van der Waals surface area (Å²) in [5.41, 5.74) is 1.43. The molecule has 0 spiro atoms. The Morgan fingerprint density at radius 1 is 0.833 bits per heavy atom. The molecule has 124 valence electrons. The van der Waals surface area contributed by atoms with E-state index in [4.69, 9.17) is 9.47 Å². The monoisotopic (exact) mass is 324 g/mol. The number of fused-ring (bicyclic) bond motifs is 2. The fraction of sp³-hybridized carbons (Fsp3) is 0.300. The minimum Gasteiger partial charge on any atom is -0.496 e. The van der Waals surface area contributed by atoms with Gasteiger partial charge in [-0.3, -0.25) is 9.59 Å². The molecule has 0 aromatic heterocycles. The van der Waals surface area contributed by atoms with Gasteiger partial charge < -0.3 is 9.47 Å². The third-order valence-electron chi connectivity index (χ3n) is 4.42. The van der Waals surface area contributed by atoms with E-state index in [0.29, 0.717) is 33.8 Å². The number of carbonyl (C=O) groups excluding carboxylic acids is 2. The van der Waals surface area contributed by atoms with Gasteiger partial charge in [0.1, 0.15) is 11.5 Å². The third kappa shape index (κ3) is 2.48. The van der Waals surface area contributed by atoms with E-state index in [1.165, 1.54) is 7.11 Å². The van der Waals surface area contributed by atoms with Crippen molar-refractivity contribution in [1.82, 2.24) is 0 Å². The molecule has 1 aliphatic carbocycles. The molecule has 4 heteroatoms. The first-order chi connectivity index (χ1) is 11.6. The van der Waals surface area contributed by atoms with Crippen LogP contribution >= 0.6 is 0 Å². The second-order valence-corrected chi connectivity index (χ2v) is 5.78. The standard InChI is InChI=1S/C20H20O4/c1-4-12(5-2)24-16-11-10-15(23-3)17-18(16)20(22)14-9-7-6-8-13(14)19(17)21/h6-12H,4-5H2,1-3H3. The molecule has 1 aliphatic rings. The van der Waals surface area contributed by atoms with Gasteiger partial charge in [0.2, 0.25) is 0 Å². The summed E-state index contributed by atoms with van der Waals surface area (Å²) < 4.78 is 11.3. The van der Waals surface area contributed by atoms with Crippen LogP contribution in [0.15, 0.2) is 36.4 Å². The topological polar surface area (TPSA) is 52.6 Å². The van der Waals surface area contributed by atoms with E-state index in [1.54, 1.807) is 36.4 Å². The van der Waals surface area contributed by atoms with Crippen molar-refractivity contribution in [1.29, 1.82) is 0 Å². The van der Waals surface area contributed by atoms with Crippen LogP contribution in [0.5, 0.6) is 11.5 Å². The fourth-order valence-corrected chi connectivity index (χ4v) is 3.07. The van der Waals surface area contributed by atoms with E-state index in [1.807, 2.05) is 13.8 Å². The Balaban J connectivity index is 2.21. The Morgan fingerprint density at radius 2 is 1.33 bits per heavy atom. The number of ketones is 2. The van der Waals surface area contributed by atoms with Crippen molar-refractivity contribution in [3.8, 4) is 11.5 Å². The zero-order valence-corrected chi connectivity index (χ0v) is 14.1. The highest BCUT2D eigenvalue weighted by molar-refractivity contribution is 6.30. The number of rotatable bonds is 5. The number of benzene rings is 2. The van der Waals surface area contributed by atoms with Crippen molar-refractivity contribution >= 4 is 11.6 Å². The molecule has 2 aromatic carbocycles. The van der Waals surface area contributed by atoms with Crippen LogP contribution in [0.2, 0.25) is 0 Å². The predicted octanol–water partition coefficient (Wildman–Crippen LogP) is 4.04. The molecular formula is C20H20O4. The summed E-state index contributed by atoms with van der Waals surface area (Å²) in [5.74, 6) is 0.453. The molecular weight excluding hydrogens is 304 g/mol. The minimum absolute atomic E-state index is 0.00238. The summed E-state index contributed by atoms with van der Waals surface area (Å²) in [5, 5.41) is 0. The third-order valence-corrected chi connectivity index (χ3v) is 4.42. The smallest absolute Gasteiger partial charge is 0.198 e. The molecule has 0 N–H and O–H groups in total. The van der Waals surface area contributed by atoms with Crippen molar-refractivity contribution < 1.29 is 19.1 Å². The van der Waals surface area contributed by atoms with Gasteiger partial charge in [-0.15, -0.1) is 0 Å². The summed E-state index contributed by atoms with van der Waals surface area (Å²) >= 11 is 0. The van der Waals surface area contributed by atoms with Crippen LogP contribution < -0.4 is 9.47 Å². The van der Waals surface area contributed by atoms with Gasteiger partial charge in [-0.05, 0) is 25.0 Å². The van der Waals surface area contributed by atoms with Crippen molar-refractivity contribution in [2.75, 3.05) is 7.11 Å². The van der Waals surface area contributed by atoms with Crippen molar-refractivity contribution in [3.05, 3.63) is 58.7 Å². The summed E-state index contributed by atoms with van der Waals surface area (Å²) in [7, 11) is 1.50. The van der Waals surface area contributed by atoms with Gasteiger partial charge in [-0.2, -0.15) is 0 Å². The number of carbonyl (C=O) groups is 2. The number of hydrogen-bond acceptors (Lipinski definition) is 4. The van der Waals surface area contributed by atoms with Gasteiger partial charge in [-0.1, -0.05) is 38.1 Å². The summed E-state index contributed by atoms with van der Waals surface area (Å²) in [4.78, 5) is 25.9. The molecule has 0 unspecified atom stereocenters. The first kappa shape index (κ1) is 16.2. The Morgan fingerprint density at radius 3 is 1.83 bits per heavy atom. The first-order valence-corrected chi connectivity index (χ1v) is 8.18. The zero-order chi connectivity index (χ0) is 17.3. The maximum atomic E-state index is 13.0. The number of hydrogen-bond donors (Lipinski definition) is 0. The fourth-order valence-electron chi connectivity index (χ4n) is 3.07. The average Bonchev–Trinajstić information content (AvgIpc) is 2.63. The molecule has 4 nitrogen and oxygen atoms in total. The van der Waals surface area contributed by atoms with Crippen LogP contribution in [0.4, 0.5) is 0 Å². The van der Waals surface area contributed by atoms with E-state index < -0.39 is 0 Å². The lowest BCUT2D eigenvalue weighted by Gasteiger charge is -2.24. The van der Waals surface area contributed by atoms with Gasteiger partial charge in [0.25, 0.3) is 0 Å². The number of methoxy groups -OCH3 is 1. The van der Waals surface area contributed by atoms with Crippen molar-refractivity contribution in [2.45, 2.75) is 32.8 Å². The molecule has 0 radical (unpaired) electrons. The molecule has 24 heavy (non-hydrogen) atoms. The Hall–Kier alpha value is -2.62. The lowest BCUT2D eigenvalue weighted by molar-refractivity contribution is 0.0969. The molecule has 0 atom stereocenters. The maximum absolute atomic E-state index is 13.0. The quantitative estimate of drug-likeness (QED) is 0.711. The lowest BCUT2D eigenvalue weighted by atomic mass is 9.83. The van der Waals surface area contributed by atoms with Gasteiger partial charge in [0.15, 0.2) is 11.6 Å². The molecule has 0 saturated heterocycles. The van der Waals surface area contributed by atoms with Crippen LogP contribution in [0, 0.1) is 0 Å². The second kappa shape index (κ2) is 6.48. The highest BCUT2D eigenvalue weighted by Gasteiger charge is 2.35. The molecule has 0 saturated carbocycles. The minimum atomic E-state index is -0.202. The zero-order valence-electron chi connectivity index (χ0n) is 14.1. The van der Waals surface area contributed by atoms with E-state index >= 15 is 0 Å². The van der Waals surface area contributed by atoms with Crippen molar-refractivity contribution in [3.63, 3.8) is 0 Å². The molecule has 3 rings (SSSR count). The van der Waals surface area contributed by atoms with Crippen LogP contribution in [0.1, 0.15) is 58.5 Å². The summed E-state index contributed by atoms with van der Waals surface area (Å²) in [6, 6.07) is 10.3. The molecule has 0 heterocycles. The summed E-state index contributed by atoms with van der Waals surface area (Å²) in [6.07, 6.45) is 1.66. The van der Waals surface area contributed by atoms with E-state index in [9.17, 15) is 9.59 Å². The highest BCUT2D eigenvalue weighted by Crippen LogP contribution is 2.39. The van der Waals surface area contributed by atoms with E-state index in [2.05, 4.69) is 0 Å². The van der Waals surface area contributed by atoms with Crippen LogP contribution in [0.25, 0.3) is 0 Å². The molecule has 0 fully saturated rings. The van der Waals surface area contributed by atoms with E-state index in [0.717, 1.165) is 12.8 Å². The predicted molar refractivity (Wildman–Crippen MR) is 91.3 cm³/mol. The maximum Gasteiger partial charge on any atom is 0.198 e. The van der Waals surface area contributed by atoms with Gasteiger partial charge in [0, 0.05) is 11.1 Å². The summed E-state index contributed by atoms with van der Waals surface area (Å²) in [6.45, 7) is 4.07. The molecule has 2 aromatic rings. The Kier molecular flexibility index (Phi) is 4.38. The first-order valence-electron chi connectivity index (χ1n) is 8.18. The largest absolute Gasteiger partial charge is 0.496 e. The van der Waals surface area contributed by atoms with Gasteiger partial charge in [-0.25, -0.2) is 0 Å². The lowest BCUT2D eigenvalue weighted by Crippen LogP contribution is -2.24. The van der Waals surface area contributed by atoms with Gasteiger partial charge in [0.05, 0.1) is 24.3 Å². The van der Waals surface area contributed by atoms with Crippen LogP contribution in [-0.4, -0.2) is 24.8 Å². The molecule has 0 amide bonds. The molecule has 0 aliphatic heterocycles. The van der Waals surface area contributed by atoms with Crippen molar-refractivity contribution in [2.24, 2.45) is 0 Å². The highest BCUT2D eigenvalue weighted by atomic mass is 16.5. The average molecular weight is 324 g/mol. The normalized spacial score (nSPS) is 12.8. The molecule has 0 bridgehead atoms. The van der Waals surface area contributed by atoms with E-state index in [-0.39, 0.29) is 17.7 Å². The number of ether oxygens (including phenoxy) is 2. The Labute approximate surface area is 141 Å². The SMILES string of the molecule is CCC(CC)Oc1ccc(OC)c2c1C(=O)c1ccccc1C2=O. The van der Waals surface area contributed by atoms with Crippen LogP contribution in [-0.2, 0) is 0 Å². The van der Waals surface area contributed by atoms with Crippen LogP contribution in [0.3, 0.4) is 0 Å². The van der Waals surface area contributed by atoms with Gasteiger partial charge >= 0.3 is 0 Å². The Bertz CT molecular complexity index is 803. The second-order valence-electron chi connectivity index (χ2n) is 5.78.